The van der Waals surface area contributed by atoms with Crippen molar-refractivity contribution in [3.8, 4) is 5.75 Å². The molecule has 0 radical (unpaired) electrons. The number of ether oxygens (including phenoxy) is 2. The van der Waals surface area contributed by atoms with E-state index in [4.69, 9.17) is 15.2 Å². The molecule has 0 saturated carbocycles. The predicted octanol–water partition coefficient (Wildman–Crippen LogP) is 1.97. The number of anilines is 1. The summed E-state index contributed by atoms with van der Waals surface area (Å²) in [6.45, 7) is 1.33. The minimum Gasteiger partial charge on any atom is -0.486 e. The summed E-state index contributed by atoms with van der Waals surface area (Å²) in [5.74, 6) is 0.0708. The normalized spacial score (nSPS) is 21.3. The van der Waals surface area contributed by atoms with Crippen LogP contribution in [0.1, 0.15) is 12.8 Å². The van der Waals surface area contributed by atoms with Crippen LogP contribution in [0.15, 0.2) is 18.2 Å². The lowest BCUT2D eigenvalue weighted by atomic mass is 10.2. The first-order chi connectivity index (χ1) is 7.25. The molecule has 0 amide bonds. The van der Waals surface area contributed by atoms with Crippen molar-refractivity contribution in [2.24, 2.45) is 0 Å². The van der Waals surface area contributed by atoms with E-state index in [0.29, 0.717) is 18.0 Å². The molecule has 2 rings (SSSR count). The number of hydrogen-bond acceptors (Lipinski definition) is 3. The number of rotatable bonds is 2. The maximum Gasteiger partial charge on any atom is 0.145 e. The molecule has 1 fully saturated rings. The van der Waals surface area contributed by atoms with Gasteiger partial charge in [-0.2, -0.15) is 0 Å². The van der Waals surface area contributed by atoms with Gasteiger partial charge < -0.3 is 15.2 Å². The first-order valence-corrected chi connectivity index (χ1v) is 5.05. The number of benzene rings is 1. The van der Waals surface area contributed by atoms with Crippen LogP contribution in [-0.2, 0) is 4.74 Å². The summed E-state index contributed by atoms with van der Waals surface area (Å²) >= 11 is 0. The fourth-order valence-electron chi connectivity index (χ4n) is 1.59. The first kappa shape index (κ1) is 10.2. The zero-order valence-electron chi connectivity index (χ0n) is 8.41. The van der Waals surface area contributed by atoms with Gasteiger partial charge in [0, 0.05) is 12.7 Å². The highest BCUT2D eigenvalue weighted by molar-refractivity contribution is 5.52. The molecule has 1 aliphatic heterocycles. The fraction of sp³-hybridized carbons (Fsp3) is 0.455. The fourth-order valence-corrected chi connectivity index (χ4v) is 1.59. The van der Waals surface area contributed by atoms with Crippen molar-refractivity contribution in [3.05, 3.63) is 24.0 Å². The number of halogens is 1. The third kappa shape index (κ3) is 2.59. The maximum atomic E-state index is 12.9. The molecule has 0 spiro atoms. The molecular weight excluding hydrogens is 197 g/mol. The quantitative estimate of drug-likeness (QED) is 0.760. The van der Waals surface area contributed by atoms with Crippen LogP contribution in [0.25, 0.3) is 0 Å². The molecule has 1 aliphatic rings. The molecule has 2 N–H and O–H groups in total. The van der Waals surface area contributed by atoms with E-state index in [-0.39, 0.29) is 11.9 Å². The van der Waals surface area contributed by atoms with Crippen molar-refractivity contribution >= 4 is 5.69 Å². The summed E-state index contributed by atoms with van der Waals surface area (Å²) in [5.41, 5.74) is 6.13. The zero-order valence-corrected chi connectivity index (χ0v) is 8.41. The topological polar surface area (TPSA) is 44.5 Å². The van der Waals surface area contributed by atoms with E-state index in [1.165, 1.54) is 18.2 Å². The minimum atomic E-state index is -0.337. The van der Waals surface area contributed by atoms with E-state index in [9.17, 15) is 4.39 Å². The van der Waals surface area contributed by atoms with Gasteiger partial charge in [-0.15, -0.1) is 0 Å². The molecule has 4 heteroatoms. The smallest absolute Gasteiger partial charge is 0.145 e. The second-order valence-corrected chi connectivity index (χ2v) is 3.64. The molecule has 82 valence electrons. The summed E-state index contributed by atoms with van der Waals surface area (Å²) in [7, 11) is 0. The van der Waals surface area contributed by atoms with Crippen LogP contribution in [0, 0.1) is 5.82 Å². The highest BCUT2D eigenvalue weighted by Gasteiger charge is 2.16. The summed E-state index contributed by atoms with van der Waals surface area (Å²) in [5, 5.41) is 0. The Morgan fingerprint density at radius 2 is 2.33 bits per heavy atom. The van der Waals surface area contributed by atoms with Gasteiger partial charge in [0.25, 0.3) is 0 Å². The Morgan fingerprint density at radius 3 is 3.07 bits per heavy atom. The van der Waals surface area contributed by atoms with Crippen molar-refractivity contribution in [1.82, 2.24) is 0 Å². The number of nitrogens with two attached hydrogens (primary N) is 1. The molecule has 1 unspecified atom stereocenters. The Balaban J connectivity index is 2.05. The summed E-state index contributed by atoms with van der Waals surface area (Å²) < 4.78 is 23.8. The van der Waals surface area contributed by atoms with Gasteiger partial charge in [-0.3, -0.25) is 0 Å². The van der Waals surface area contributed by atoms with Gasteiger partial charge >= 0.3 is 0 Å². The van der Waals surface area contributed by atoms with Gasteiger partial charge in [0.2, 0.25) is 0 Å². The summed E-state index contributed by atoms with van der Waals surface area (Å²) in [6, 6.07) is 4.14. The molecule has 1 atom stereocenters. The van der Waals surface area contributed by atoms with Crippen molar-refractivity contribution in [2.45, 2.75) is 18.9 Å². The van der Waals surface area contributed by atoms with Crippen molar-refractivity contribution < 1.29 is 13.9 Å². The average Bonchev–Trinajstić information content (AvgIpc) is 2.25. The third-order valence-electron chi connectivity index (χ3n) is 2.39. The largest absolute Gasteiger partial charge is 0.486 e. The van der Waals surface area contributed by atoms with Crippen LogP contribution < -0.4 is 10.5 Å². The van der Waals surface area contributed by atoms with E-state index in [2.05, 4.69) is 0 Å². The Hall–Kier alpha value is -1.29. The second kappa shape index (κ2) is 4.49. The van der Waals surface area contributed by atoms with Crippen LogP contribution in [0.3, 0.4) is 0 Å². The Labute approximate surface area is 88.0 Å². The van der Waals surface area contributed by atoms with E-state index < -0.39 is 0 Å². The zero-order chi connectivity index (χ0) is 10.7. The number of nitrogen functional groups attached to an aromatic ring is 1. The van der Waals surface area contributed by atoms with Crippen molar-refractivity contribution in [1.29, 1.82) is 0 Å². The van der Waals surface area contributed by atoms with Crippen LogP contribution in [0.5, 0.6) is 5.75 Å². The van der Waals surface area contributed by atoms with Crippen molar-refractivity contribution in [2.75, 3.05) is 18.9 Å². The molecule has 1 aromatic rings. The van der Waals surface area contributed by atoms with Crippen LogP contribution in [0.2, 0.25) is 0 Å². The summed E-state index contributed by atoms with van der Waals surface area (Å²) in [4.78, 5) is 0. The van der Waals surface area contributed by atoms with Crippen LogP contribution in [-0.4, -0.2) is 19.3 Å². The van der Waals surface area contributed by atoms with Gasteiger partial charge in [-0.05, 0) is 25.0 Å². The molecule has 1 heterocycles. The van der Waals surface area contributed by atoms with Crippen LogP contribution in [0.4, 0.5) is 10.1 Å². The minimum absolute atomic E-state index is 0.0113. The molecular formula is C11H14FNO2. The van der Waals surface area contributed by atoms with Crippen molar-refractivity contribution in [3.63, 3.8) is 0 Å². The Kier molecular flexibility index (Phi) is 3.06. The second-order valence-electron chi connectivity index (χ2n) is 3.64. The molecule has 3 nitrogen and oxygen atoms in total. The average molecular weight is 211 g/mol. The molecule has 0 bridgehead atoms. The molecule has 1 aromatic carbocycles. The Morgan fingerprint density at radius 1 is 1.47 bits per heavy atom. The highest BCUT2D eigenvalue weighted by atomic mass is 19.1. The van der Waals surface area contributed by atoms with E-state index in [1.807, 2.05) is 0 Å². The Bertz CT molecular complexity index is 337. The third-order valence-corrected chi connectivity index (χ3v) is 2.39. The van der Waals surface area contributed by atoms with Gasteiger partial charge in [-0.25, -0.2) is 4.39 Å². The van der Waals surface area contributed by atoms with Gasteiger partial charge in [0.15, 0.2) is 0 Å². The van der Waals surface area contributed by atoms with Gasteiger partial charge in [-0.1, -0.05) is 0 Å². The summed E-state index contributed by atoms with van der Waals surface area (Å²) in [6.07, 6.45) is 1.89. The molecule has 15 heavy (non-hydrogen) atoms. The highest BCUT2D eigenvalue weighted by Crippen LogP contribution is 2.25. The molecule has 0 aromatic heterocycles. The van der Waals surface area contributed by atoms with Crippen LogP contribution >= 0.6 is 0 Å². The monoisotopic (exact) mass is 211 g/mol. The van der Waals surface area contributed by atoms with E-state index in [1.54, 1.807) is 0 Å². The van der Waals surface area contributed by atoms with E-state index in [0.717, 1.165) is 19.4 Å². The SMILES string of the molecule is Nc1ccc(F)cc1OC1CCCOC1. The predicted molar refractivity (Wildman–Crippen MR) is 55.3 cm³/mol. The molecule has 0 aliphatic carbocycles. The lowest BCUT2D eigenvalue weighted by Gasteiger charge is -2.23. The number of hydrogen-bond donors (Lipinski definition) is 1. The van der Waals surface area contributed by atoms with Gasteiger partial charge in [0.1, 0.15) is 17.7 Å². The van der Waals surface area contributed by atoms with E-state index >= 15 is 0 Å². The maximum absolute atomic E-state index is 12.9. The lowest BCUT2D eigenvalue weighted by Crippen LogP contribution is -2.28. The molecule has 1 saturated heterocycles. The first-order valence-electron chi connectivity index (χ1n) is 5.05. The van der Waals surface area contributed by atoms with Gasteiger partial charge in [0.05, 0.1) is 12.3 Å². The lowest BCUT2D eigenvalue weighted by molar-refractivity contribution is 0.00764. The standard InChI is InChI=1S/C11H14FNO2/c12-8-3-4-10(13)11(6-8)15-9-2-1-5-14-7-9/h3-4,6,9H,1-2,5,7,13H2.